The largest absolute Gasteiger partial charge is 0.339 e. The lowest BCUT2D eigenvalue weighted by molar-refractivity contribution is 0.0761. The van der Waals surface area contributed by atoms with Crippen LogP contribution in [0.3, 0.4) is 0 Å². The molecule has 0 saturated carbocycles. The minimum Gasteiger partial charge on any atom is -0.339 e. The summed E-state index contributed by atoms with van der Waals surface area (Å²) in [4.78, 5) is 14.6. The predicted molar refractivity (Wildman–Crippen MR) is 78.4 cm³/mol. The van der Waals surface area contributed by atoms with E-state index in [4.69, 9.17) is 0 Å². The fourth-order valence-corrected chi connectivity index (χ4v) is 2.69. The lowest BCUT2D eigenvalue weighted by Crippen LogP contribution is -2.31. The maximum atomic E-state index is 12.6. The smallest absolute Gasteiger partial charge is 0.253 e. The summed E-state index contributed by atoms with van der Waals surface area (Å²) in [6.07, 6.45) is 6.42. The molecule has 1 aliphatic rings. The van der Waals surface area contributed by atoms with Crippen molar-refractivity contribution in [2.75, 3.05) is 13.1 Å². The van der Waals surface area contributed by atoms with Gasteiger partial charge in [0, 0.05) is 30.4 Å². The summed E-state index contributed by atoms with van der Waals surface area (Å²) in [6, 6.07) is 9.68. The van der Waals surface area contributed by atoms with Crippen LogP contribution in [0, 0.1) is 0 Å². The van der Waals surface area contributed by atoms with Crippen LogP contribution in [-0.2, 0) is 0 Å². The number of rotatable bonds is 2. The zero-order valence-corrected chi connectivity index (χ0v) is 11.5. The molecular weight excluding hydrogens is 250 g/mol. The summed E-state index contributed by atoms with van der Waals surface area (Å²) >= 11 is 0. The Balaban J connectivity index is 1.82. The zero-order chi connectivity index (χ0) is 13.8. The topological polar surface area (TPSA) is 49.0 Å². The number of likely N-dealkylation sites (tertiary alicyclic amines) is 1. The molecule has 0 aliphatic carbocycles. The van der Waals surface area contributed by atoms with Gasteiger partial charge in [-0.3, -0.25) is 9.89 Å². The van der Waals surface area contributed by atoms with Crippen molar-refractivity contribution in [1.29, 1.82) is 0 Å². The number of H-pyrrole nitrogens is 1. The van der Waals surface area contributed by atoms with E-state index in [2.05, 4.69) is 10.2 Å². The third-order valence-corrected chi connectivity index (χ3v) is 3.81. The van der Waals surface area contributed by atoms with E-state index in [9.17, 15) is 4.79 Å². The molecule has 2 aromatic rings. The van der Waals surface area contributed by atoms with Crippen LogP contribution < -0.4 is 0 Å². The van der Waals surface area contributed by atoms with Gasteiger partial charge in [-0.15, -0.1) is 0 Å². The molecule has 1 saturated heterocycles. The third kappa shape index (κ3) is 2.74. The molecule has 1 fully saturated rings. The van der Waals surface area contributed by atoms with Crippen LogP contribution in [0.15, 0.2) is 36.5 Å². The third-order valence-electron chi connectivity index (χ3n) is 3.81. The Labute approximate surface area is 118 Å². The Morgan fingerprint density at radius 3 is 2.60 bits per heavy atom. The van der Waals surface area contributed by atoms with Gasteiger partial charge in [-0.1, -0.05) is 25.0 Å². The van der Waals surface area contributed by atoms with Crippen LogP contribution in [-0.4, -0.2) is 34.1 Å². The zero-order valence-electron chi connectivity index (χ0n) is 11.5. The summed E-state index contributed by atoms with van der Waals surface area (Å²) in [5.41, 5.74) is 2.71. The second-order valence-corrected chi connectivity index (χ2v) is 5.26. The summed E-state index contributed by atoms with van der Waals surface area (Å²) in [6.45, 7) is 1.76. The van der Waals surface area contributed by atoms with Crippen molar-refractivity contribution in [2.24, 2.45) is 0 Å². The van der Waals surface area contributed by atoms with Crippen LogP contribution in [0.2, 0.25) is 0 Å². The number of benzene rings is 1. The molecule has 1 amide bonds. The Morgan fingerprint density at radius 2 is 1.90 bits per heavy atom. The summed E-state index contributed by atoms with van der Waals surface area (Å²) in [5.74, 6) is 0.147. The van der Waals surface area contributed by atoms with E-state index in [-0.39, 0.29) is 5.91 Å². The highest BCUT2D eigenvalue weighted by Gasteiger charge is 2.17. The molecular formula is C16H19N3O. The van der Waals surface area contributed by atoms with Gasteiger partial charge in [0.2, 0.25) is 0 Å². The van der Waals surface area contributed by atoms with Crippen LogP contribution in [0.4, 0.5) is 0 Å². The number of nitrogens with zero attached hydrogens (tertiary/aromatic N) is 2. The lowest BCUT2D eigenvalue weighted by Gasteiger charge is -2.20. The maximum absolute atomic E-state index is 12.6. The van der Waals surface area contributed by atoms with Gasteiger partial charge < -0.3 is 4.90 Å². The summed E-state index contributed by atoms with van der Waals surface area (Å²) in [7, 11) is 0. The molecule has 20 heavy (non-hydrogen) atoms. The van der Waals surface area contributed by atoms with E-state index in [1.807, 2.05) is 35.2 Å². The van der Waals surface area contributed by atoms with Gasteiger partial charge in [-0.2, -0.15) is 5.10 Å². The molecule has 0 bridgehead atoms. The Bertz CT molecular complexity index is 569. The number of carbonyl (C=O) groups excluding carboxylic acids is 1. The molecule has 1 N–H and O–H groups in total. The van der Waals surface area contributed by atoms with E-state index < -0.39 is 0 Å². The van der Waals surface area contributed by atoms with E-state index in [0.29, 0.717) is 0 Å². The van der Waals surface area contributed by atoms with Crippen LogP contribution in [0.1, 0.15) is 36.0 Å². The van der Waals surface area contributed by atoms with Gasteiger partial charge in [0.1, 0.15) is 0 Å². The Hall–Kier alpha value is -2.10. The summed E-state index contributed by atoms with van der Waals surface area (Å²) in [5, 5.41) is 6.89. The Kier molecular flexibility index (Phi) is 3.81. The van der Waals surface area contributed by atoms with E-state index in [1.54, 1.807) is 6.20 Å². The molecule has 0 atom stereocenters. The van der Waals surface area contributed by atoms with E-state index in [1.165, 1.54) is 12.8 Å². The molecule has 1 aromatic carbocycles. The van der Waals surface area contributed by atoms with Crippen LogP contribution in [0.5, 0.6) is 0 Å². The van der Waals surface area contributed by atoms with Gasteiger partial charge in [0.25, 0.3) is 5.91 Å². The first kappa shape index (κ1) is 12.9. The molecule has 0 radical (unpaired) electrons. The van der Waals surface area contributed by atoms with Crippen molar-refractivity contribution in [2.45, 2.75) is 25.7 Å². The van der Waals surface area contributed by atoms with Crippen molar-refractivity contribution in [3.8, 4) is 11.3 Å². The highest BCUT2D eigenvalue weighted by atomic mass is 16.2. The van der Waals surface area contributed by atoms with Crippen LogP contribution >= 0.6 is 0 Å². The second-order valence-electron chi connectivity index (χ2n) is 5.26. The first-order valence-corrected chi connectivity index (χ1v) is 7.24. The maximum Gasteiger partial charge on any atom is 0.253 e. The minimum atomic E-state index is 0.147. The van der Waals surface area contributed by atoms with Crippen LogP contribution in [0.25, 0.3) is 11.3 Å². The van der Waals surface area contributed by atoms with Crippen molar-refractivity contribution in [3.05, 3.63) is 42.1 Å². The number of hydrogen-bond acceptors (Lipinski definition) is 2. The molecule has 104 valence electrons. The highest BCUT2D eigenvalue weighted by molar-refractivity contribution is 5.95. The fourth-order valence-electron chi connectivity index (χ4n) is 2.69. The average Bonchev–Trinajstić information content (AvgIpc) is 2.89. The van der Waals surface area contributed by atoms with Gasteiger partial charge in [0.05, 0.1) is 5.69 Å². The molecule has 4 nitrogen and oxygen atoms in total. The first-order chi connectivity index (χ1) is 9.84. The normalized spacial score (nSPS) is 15.9. The molecule has 1 aromatic heterocycles. The van der Waals surface area contributed by atoms with Gasteiger partial charge in [-0.25, -0.2) is 0 Å². The number of nitrogens with one attached hydrogen (secondary N) is 1. The minimum absolute atomic E-state index is 0.147. The molecule has 4 heteroatoms. The van der Waals surface area contributed by atoms with Crippen molar-refractivity contribution < 1.29 is 4.79 Å². The van der Waals surface area contributed by atoms with Crippen molar-refractivity contribution in [1.82, 2.24) is 15.1 Å². The number of hydrogen-bond donors (Lipinski definition) is 1. The standard InChI is InChI=1S/C16H19N3O/c20-16(19-10-3-1-2-4-11-19)14-7-5-6-13(12-14)15-8-9-17-18-15/h5-9,12H,1-4,10-11H2,(H,17,18). The number of amides is 1. The van der Waals surface area contributed by atoms with Crippen molar-refractivity contribution >= 4 is 5.91 Å². The molecule has 2 heterocycles. The average molecular weight is 269 g/mol. The Morgan fingerprint density at radius 1 is 1.10 bits per heavy atom. The van der Waals surface area contributed by atoms with Gasteiger partial charge >= 0.3 is 0 Å². The quantitative estimate of drug-likeness (QED) is 0.910. The van der Waals surface area contributed by atoms with Gasteiger partial charge in [-0.05, 0) is 31.0 Å². The monoisotopic (exact) mass is 269 g/mol. The van der Waals surface area contributed by atoms with E-state index >= 15 is 0 Å². The first-order valence-electron chi connectivity index (χ1n) is 7.24. The van der Waals surface area contributed by atoms with Crippen molar-refractivity contribution in [3.63, 3.8) is 0 Å². The molecule has 0 spiro atoms. The second kappa shape index (κ2) is 5.90. The lowest BCUT2D eigenvalue weighted by atomic mass is 10.1. The SMILES string of the molecule is O=C(c1cccc(-c2ccn[nH]2)c1)N1CCCCCC1. The predicted octanol–water partition coefficient (Wildman–Crippen LogP) is 3.09. The highest BCUT2D eigenvalue weighted by Crippen LogP contribution is 2.19. The summed E-state index contributed by atoms with van der Waals surface area (Å²) < 4.78 is 0. The van der Waals surface area contributed by atoms with E-state index in [0.717, 1.165) is 42.8 Å². The number of aromatic nitrogens is 2. The molecule has 3 rings (SSSR count). The molecule has 1 aliphatic heterocycles. The fraction of sp³-hybridized carbons (Fsp3) is 0.375. The van der Waals surface area contributed by atoms with Gasteiger partial charge in [0.15, 0.2) is 0 Å². The molecule has 0 unspecified atom stereocenters. The number of carbonyl (C=O) groups is 1. The number of aromatic amines is 1.